The first-order valence-electron chi connectivity index (χ1n) is 10.9. The van der Waals surface area contributed by atoms with Gasteiger partial charge in [0, 0.05) is 13.0 Å². The second-order valence-electron chi connectivity index (χ2n) is 7.35. The van der Waals surface area contributed by atoms with E-state index in [4.69, 9.17) is 14.6 Å². The molecule has 12 heteroatoms. The molecule has 0 bridgehead atoms. The summed E-state index contributed by atoms with van der Waals surface area (Å²) in [7, 11) is 0. The van der Waals surface area contributed by atoms with Crippen LogP contribution in [0.4, 0.5) is 4.79 Å². The monoisotopic (exact) mass is 466 g/mol. The van der Waals surface area contributed by atoms with Gasteiger partial charge >= 0.3 is 12.1 Å². The van der Waals surface area contributed by atoms with Gasteiger partial charge in [-0.25, -0.2) is 9.59 Å². The topological polar surface area (TPSA) is 195 Å². The van der Waals surface area contributed by atoms with Crippen LogP contribution in [0, 0.1) is 0 Å². The van der Waals surface area contributed by atoms with Crippen molar-refractivity contribution in [3.8, 4) is 0 Å². The quantitative estimate of drug-likeness (QED) is 0.0985. The van der Waals surface area contributed by atoms with Crippen molar-refractivity contribution in [1.29, 1.82) is 0 Å². The highest BCUT2D eigenvalue weighted by Gasteiger charge is 2.30. The van der Waals surface area contributed by atoms with E-state index in [9.17, 15) is 34.8 Å². The van der Waals surface area contributed by atoms with Crippen LogP contribution in [0.1, 0.15) is 52.4 Å². The summed E-state index contributed by atoms with van der Waals surface area (Å²) < 4.78 is 10.1. The third kappa shape index (κ3) is 12.8. The highest BCUT2D eigenvalue weighted by atomic mass is 16.6. The highest BCUT2D eigenvalue weighted by Crippen LogP contribution is 2.06. The molecule has 32 heavy (non-hydrogen) atoms. The van der Waals surface area contributed by atoms with Crippen LogP contribution >= 0.6 is 0 Å². The lowest BCUT2D eigenvalue weighted by Gasteiger charge is -2.25. The molecule has 0 saturated carbocycles. The Kier molecular flexibility index (Phi) is 16.5. The molecule has 0 heterocycles. The van der Waals surface area contributed by atoms with Crippen molar-refractivity contribution < 1.29 is 49.4 Å². The molecule has 0 saturated heterocycles. The number of esters is 1. The molecule has 5 atom stereocenters. The minimum absolute atomic E-state index is 0.0931. The summed E-state index contributed by atoms with van der Waals surface area (Å²) in [5.41, 5.74) is 0. The number of aliphatic hydroxyl groups is 5. The Morgan fingerprint density at radius 2 is 1.44 bits per heavy atom. The predicted octanol–water partition coefficient (Wildman–Crippen LogP) is -1.44. The molecule has 7 N–H and O–H groups in total. The van der Waals surface area contributed by atoms with Gasteiger partial charge in [-0.1, -0.05) is 26.7 Å². The Labute approximate surface area is 187 Å². The van der Waals surface area contributed by atoms with E-state index in [-0.39, 0.29) is 26.1 Å². The first-order valence-corrected chi connectivity index (χ1v) is 10.9. The van der Waals surface area contributed by atoms with Gasteiger partial charge in [0.2, 0.25) is 5.91 Å². The smallest absolute Gasteiger partial charge is 0.407 e. The van der Waals surface area contributed by atoms with Gasteiger partial charge in [0.15, 0.2) is 0 Å². The van der Waals surface area contributed by atoms with Gasteiger partial charge in [-0.15, -0.1) is 0 Å². The SMILES string of the molecule is CCCCOC(=O)N[C@@H](CCC(=O)NC[C@H](O)[C@@H](O)[C@H](O)[C@H](O)CO)C(=O)OCCCC. The molecule has 0 radical (unpaired) electrons. The van der Waals surface area contributed by atoms with E-state index >= 15 is 0 Å². The molecule has 0 aromatic rings. The summed E-state index contributed by atoms with van der Waals surface area (Å²) in [6.07, 6.45) is -5.04. The van der Waals surface area contributed by atoms with Crippen LogP contribution in [-0.2, 0) is 19.1 Å². The molecule has 0 aliphatic rings. The number of carbonyl (C=O) groups is 3. The van der Waals surface area contributed by atoms with Gasteiger partial charge in [0.25, 0.3) is 0 Å². The van der Waals surface area contributed by atoms with Crippen molar-refractivity contribution in [3.05, 3.63) is 0 Å². The standard InChI is InChI=1S/C20H38N2O10/c1-3-5-9-31-19(29)13(22-20(30)32-10-6-4-2)7-8-16(26)21-11-14(24)17(27)18(28)15(25)12-23/h13-15,17-18,23-25,27-28H,3-12H2,1-2H3,(H,21,26)(H,22,30)/t13-,14-,15+,17+,18+/m0/s1. The predicted molar refractivity (Wildman–Crippen MR) is 112 cm³/mol. The van der Waals surface area contributed by atoms with Crippen molar-refractivity contribution in [2.75, 3.05) is 26.4 Å². The van der Waals surface area contributed by atoms with Gasteiger partial charge in [-0.3, -0.25) is 4.79 Å². The zero-order valence-corrected chi connectivity index (χ0v) is 18.7. The van der Waals surface area contributed by atoms with E-state index in [1.165, 1.54) is 0 Å². The number of aliphatic hydroxyl groups excluding tert-OH is 5. The maximum atomic E-state index is 12.2. The number of carbonyl (C=O) groups excluding carboxylic acids is 3. The lowest BCUT2D eigenvalue weighted by Crippen LogP contribution is -2.49. The number of rotatable bonds is 17. The second kappa shape index (κ2) is 17.6. The molecule has 12 nitrogen and oxygen atoms in total. The van der Waals surface area contributed by atoms with Crippen LogP contribution in [0.2, 0.25) is 0 Å². The first-order chi connectivity index (χ1) is 15.2. The van der Waals surface area contributed by atoms with Crippen molar-refractivity contribution in [1.82, 2.24) is 10.6 Å². The van der Waals surface area contributed by atoms with E-state index in [2.05, 4.69) is 10.6 Å². The molecule has 2 amide bonds. The van der Waals surface area contributed by atoms with Gasteiger partial charge < -0.3 is 45.6 Å². The maximum Gasteiger partial charge on any atom is 0.407 e. The summed E-state index contributed by atoms with van der Waals surface area (Å²) in [5.74, 6) is -1.30. The normalized spacial score (nSPS) is 15.7. The minimum Gasteiger partial charge on any atom is -0.464 e. The number of ether oxygens (including phenoxy) is 2. The average molecular weight is 467 g/mol. The molecule has 0 aliphatic carbocycles. The maximum absolute atomic E-state index is 12.2. The molecule has 0 spiro atoms. The van der Waals surface area contributed by atoms with Gasteiger partial charge in [-0.2, -0.15) is 0 Å². The molecular weight excluding hydrogens is 428 g/mol. The Morgan fingerprint density at radius 3 is 2.00 bits per heavy atom. The summed E-state index contributed by atoms with van der Waals surface area (Å²) >= 11 is 0. The zero-order valence-electron chi connectivity index (χ0n) is 18.7. The van der Waals surface area contributed by atoms with Gasteiger partial charge in [0.05, 0.1) is 25.9 Å². The Morgan fingerprint density at radius 1 is 0.875 bits per heavy atom. The van der Waals surface area contributed by atoms with E-state index < -0.39 is 61.6 Å². The molecule has 0 aromatic carbocycles. The van der Waals surface area contributed by atoms with Crippen molar-refractivity contribution in [2.24, 2.45) is 0 Å². The van der Waals surface area contributed by atoms with E-state index in [0.29, 0.717) is 12.8 Å². The minimum atomic E-state index is -1.81. The molecular formula is C20H38N2O10. The fraction of sp³-hybridized carbons (Fsp3) is 0.850. The molecule has 188 valence electrons. The summed E-state index contributed by atoms with van der Waals surface area (Å²) in [5, 5.41) is 51.9. The van der Waals surface area contributed by atoms with E-state index in [1.807, 2.05) is 13.8 Å². The Hall–Kier alpha value is -1.99. The fourth-order valence-electron chi connectivity index (χ4n) is 2.43. The zero-order chi connectivity index (χ0) is 24.5. The Bertz CT molecular complexity index is 548. The van der Waals surface area contributed by atoms with E-state index in [0.717, 1.165) is 12.8 Å². The van der Waals surface area contributed by atoms with Crippen molar-refractivity contribution >= 4 is 18.0 Å². The van der Waals surface area contributed by atoms with E-state index in [1.54, 1.807) is 0 Å². The average Bonchev–Trinajstić information content (AvgIpc) is 2.78. The number of hydrogen-bond acceptors (Lipinski definition) is 10. The van der Waals surface area contributed by atoms with Gasteiger partial charge in [-0.05, 0) is 19.3 Å². The molecule has 0 aliphatic heterocycles. The van der Waals surface area contributed by atoms with Crippen LogP contribution < -0.4 is 10.6 Å². The number of unbranched alkanes of at least 4 members (excludes halogenated alkanes) is 2. The van der Waals surface area contributed by atoms with Crippen molar-refractivity contribution in [2.45, 2.75) is 82.8 Å². The number of hydrogen-bond donors (Lipinski definition) is 7. The van der Waals surface area contributed by atoms with Crippen LogP contribution in [0.3, 0.4) is 0 Å². The largest absolute Gasteiger partial charge is 0.464 e. The number of nitrogens with one attached hydrogen (secondary N) is 2. The number of alkyl carbamates (subject to hydrolysis) is 1. The van der Waals surface area contributed by atoms with Crippen LogP contribution in [0.15, 0.2) is 0 Å². The Balaban J connectivity index is 4.66. The first kappa shape index (κ1) is 30.0. The molecule has 0 aromatic heterocycles. The lowest BCUT2D eigenvalue weighted by atomic mass is 10.0. The summed E-state index contributed by atoms with van der Waals surface area (Å²) in [6.45, 7) is 2.95. The van der Waals surface area contributed by atoms with Crippen LogP contribution in [0.25, 0.3) is 0 Å². The third-order valence-electron chi connectivity index (χ3n) is 4.54. The van der Waals surface area contributed by atoms with Crippen LogP contribution in [0.5, 0.6) is 0 Å². The lowest BCUT2D eigenvalue weighted by molar-refractivity contribution is -0.146. The van der Waals surface area contributed by atoms with Crippen molar-refractivity contribution in [3.63, 3.8) is 0 Å². The highest BCUT2D eigenvalue weighted by molar-refractivity contribution is 5.82. The number of amides is 2. The third-order valence-corrected chi connectivity index (χ3v) is 4.54. The second-order valence-corrected chi connectivity index (χ2v) is 7.35. The molecule has 0 unspecified atom stereocenters. The summed E-state index contributed by atoms with van der Waals surface area (Å²) in [4.78, 5) is 36.2. The summed E-state index contributed by atoms with van der Waals surface area (Å²) in [6, 6.07) is -1.11. The fourth-order valence-corrected chi connectivity index (χ4v) is 2.43. The molecule has 0 rings (SSSR count). The van der Waals surface area contributed by atoms with Crippen LogP contribution in [-0.4, -0.2) is 100 Å². The molecule has 0 fully saturated rings. The van der Waals surface area contributed by atoms with Gasteiger partial charge in [0.1, 0.15) is 24.4 Å².